The zero-order valence-corrected chi connectivity index (χ0v) is 9.87. The first-order valence-electron chi connectivity index (χ1n) is 5.16. The van der Waals surface area contributed by atoms with Crippen LogP contribution in [0.15, 0.2) is 6.07 Å². The van der Waals surface area contributed by atoms with E-state index in [0.29, 0.717) is 0 Å². The minimum Gasteiger partial charge on any atom is -0.492 e. The van der Waals surface area contributed by atoms with E-state index in [9.17, 15) is 18.0 Å². The summed E-state index contributed by atoms with van der Waals surface area (Å²) in [5.41, 5.74) is -0.758. The number of esters is 1. The van der Waals surface area contributed by atoms with E-state index in [1.165, 1.54) is 0 Å². The van der Waals surface area contributed by atoms with Gasteiger partial charge in [-0.05, 0) is 13.0 Å². The lowest BCUT2D eigenvalue weighted by atomic mass is 10.1. The van der Waals surface area contributed by atoms with Gasteiger partial charge < -0.3 is 9.47 Å². The molecule has 0 aliphatic carbocycles. The summed E-state index contributed by atoms with van der Waals surface area (Å²) in [6.45, 7) is 1.75. The Labute approximate surface area is 102 Å². The molecule has 4 nitrogen and oxygen atoms in total. The number of pyridine rings is 1. The van der Waals surface area contributed by atoms with Gasteiger partial charge in [0.25, 0.3) is 12.4 Å². The van der Waals surface area contributed by atoms with Crippen molar-refractivity contribution in [3.05, 3.63) is 23.3 Å². The van der Waals surface area contributed by atoms with Crippen molar-refractivity contribution in [3.63, 3.8) is 0 Å². The molecular weight excluding hydrogens is 251 g/mol. The first-order chi connectivity index (χ1) is 8.49. The highest BCUT2D eigenvalue weighted by atomic mass is 19.3. The van der Waals surface area contributed by atoms with E-state index in [1.54, 1.807) is 6.92 Å². The molecule has 0 N–H and O–H groups in total. The molecule has 1 rings (SSSR count). The molecule has 0 aliphatic rings. The number of halogens is 3. The summed E-state index contributed by atoms with van der Waals surface area (Å²) in [7, 11) is 1.16. The number of carbonyl (C=O) groups is 1. The Morgan fingerprint density at radius 3 is 2.67 bits per heavy atom. The van der Waals surface area contributed by atoms with E-state index >= 15 is 0 Å². The monoisotopic (exact) mass is 263 g/mol. The molecule has 0 atom stereocenters. The minimum atomic E-state index is -2.92. The van der Waals surface area contributed by atoms with Crippen LogP contribution in [0.4, 0.5) is 13.2 Å². The van der Waals surface area contributed by atoms with E-state index in [1.807, 2.05) is 0 Å². The number of alkyl halides is 2. The highest BCUT2D eigenvalue weighted by Crippen LogP contribution is 2.27. The van der Waals surface area contributed by atoms with Crippen LogP contribution in [0.2, 0.25) is 0 Å². The number of methoxy groups -OCH3 is 1. The van der Waals surface area contributed by atoms with Crippen LogP contribution in [-0.4, -0.2) is 24.7 Å². The van der Waals surface area contributed by atoms with Crippen LogP contribution >= 0.6 is 0 Å². The van der Waals surface area contributed by atoms with Crippen molar-refractivity contribution in [3.8, 4) is 5.75 Å². The fraction of sp³-hybridized carbons (Fsp3) is 0.455. The molecular formula is C11H12F3NO3. The predicted octanol–water partition coefficient (Wildman–Crippen LogP) is 2.27. The average Bonchev–Trinajstić information content (AvgIpc) is 2.28. The fourth-order valence-electron chi connectivity index (χ4n) is 1.40. The third kappa shape index (κ3) is 3.35. The summed E-state index contributed by atoms with van der Waals surface area (Å²) >= 11 is 0. The molecule has 0 unspecified atom stereocenters. The van der Waals surface area contributed by atoms with Gasteiger partial charge in [-0.2, -0.15) is 4.39 Å². The first kappa shape index (κ1) is 14.3. The standard InChI is InChI=1S/C11H12F3NO3/c1-3-18-8(16)5-6-4-7(10(12)13)15-11(14)9(6)17-2/h4,10H,3,5H2,1-2H3. The van der Waals surface area contributed by atoms with Crippen molar-refractivity contribution in [2.45, 2.75) is 19.8 Å². The Balaban J connectivity index is 3.10. The van der Waals surface area contributed by atoms with Crippen molar-refractivity contribution in [2.24, 2.45) is 0 Å². The van der Waals surface area contributed by atoms with Crippen LogP contribution in [0.25, 0.3) is 0 Å². The van der Waals surface area contributed by atoms with Crippen LogP contribution in [0.1, 0.15) is 24.6 Å². The van der Waals surface area contributed by atoms with Crippen LogP contribution in [-0.2, 0) is 16.0 Å². The van der Waals surface area contributed by atoms with Gasteiger partial charge in [-0.3, -0.25) is 4.79 Å². The lowest BCUT2D eigenvalue weighted by Crippen LogP contribution is -2.11. The number of carbonyl (C=O) groups excluding carboxylic acids is 1. The molecule has 0 saturated carbocycles. The summed E-state index contributed by atoms with van der Waals surface area (Å²) in [5.74, 6) is -2.15. The lowest BCUT2D eigenvalue weighted by Gasteiger charge is -2.10. The Kier molecular flexibility index (Phi) is 4.94. The molecule has 1 aromatic rings. The molecule has 7 heteroatoms. The molecule has 0 spiro atoms. The highest BCUT2D eigenvalue weighted by molar-refractivity contribution is 5.73. The summed E-state index contributed by atoms with van der Waals surface area (Å²) in [6.07, 6.45) is -3.28. The third-order valence-corrected chi connectivity index (χ3v) is 2.10. The van der Waals surface area contributed by atoms with Gasteiger partial charge >= 0.3 is 5.97 Å². The van der Waals surface area contributed by atoms with Gasteiger partial charge in [0.1, 0.15) is 5.69 Å². The van der Waals surface area contributed by atoms with Gasteiger partial charge in [0, 0.05) is 5.56 Å². The molecule has 0 bridgehead atoms. The second-order valence-corrected chi connectivity index (χ2v) is 3.31. The van der Waals surface area contributed by atoms with E-state index < -0.39 is 24.0 Å². The minimum absolute atomic E-state index is 0.0150. The quantitative estimate of drug-likeness (QED) is 0.604. The largest absolute Gasteiger partial charge is 0.492 e. The zero-order chi connectivity index (χ0) is 13.7. The summed E-state index contributed by atoms with van der Waals surface area (Å²) < 4.78 is 47.7. The topological polar surface area (TPSA) is 48.4 Å². The van der Waals surface area contributed by atoms with Crippen LogP contribution in [0.3, 0.4) is 0 Å². The second kappa shape index (κ2) is 6.23. The number of rotatable bonds is 5. The highest BCUT2D eigenvalue weighted by Gasteiger charge is 2.20. The Morgan fingerprint density at radius 2 is 2.17 bits per heavy atom. The molecule has 1 aromatic heterocycles. The Hall–Kier alpha value is -1.79. The number of hydrogen-bond donors (Lipinski definition) is 0. The van der Waals surface area contributed by atoms with Gasteiger partial charge in [0.2, 0.25) is 0 Å². The van der Waals surface area contributed by atoms with Crippen molar-refractivity contribution in [1.29, 1.82) is 0 Å². The predicted molar refractivity (Wildman–Crippen MR) is 56.0 cm³/mol. The van der Waals surface area contributed by atoms with Gasteiger partial charge in [-0.15, -0.1) is 0 Å². The van der Waals surface area contributed by atoms with Crippen LogP contribution in [0.5, 0.6) is 5.75 Å². The Morgan fingerprint density at radius 1 is 1.50 bits per heavy atom. The van der Waals surface area contributed by atoms with E-state index in [4.69, 9.17) is 4.74 Å². The summed E-state index contributed by atoms with van der Waals surface area (Å²) in [4.78, 5) is 14.3. The number of aromatic nitrogens is 1. The van der Waals surface area contributed by atoms with E-state index in [-0.39, 0.29) is 24.3 Å². The van der Waals surface area contributed by atoms with Crippen LogP contribution in [0, 0.1) is 5.95 Å². The lowest BCUT2D eigenvalue weighted by molar-refractivity contribution is -0.142. The van der Waals surface area contributed by atoms with Crippen molar-refractivity contribution in [2.75, 3.05) is 13.7 Å². The molecule has 0 amide bonds. The smallest absolute Gasteiger partial charge is 0.310 e. The van der Waals surface area contributed by atoms with Gasteiger partial charge in [-0.25, -0.2) is 13.8 Å². The normalized spacial score (nSPS) is 10.6. The molecule has 0 radical (unpaired) electrons. The van der Waals surface area contributed by atoms with E-state index in [0.717, 1.165) is 13.2 Å². The van der Waals surface area contributed by atoms with Crippen molar-refractivity contribution >= 4 is 5.97 Å². The van der Waals surface area contributed by atoms with Gasteiger partial charge in [0.15, 0.2) is 5.75 Å². The second-order valence-electron chi connectivity index (χ2n) is 3.31. The van der Waals surface area contributed by atoms with Gasteiger partial charge in [-0.1, -0.05) is 0 Å². The van der Waals surface area contributed by atoms with Crippen LogP contribution < -0.4 is 4.74 Å². The third-order valence-electron chi connectivity index (χ3n) is 2.10. The van der Waals surface area contributed by atoms with Crippen molar-refractivity contribution in [1.82, 2.24) is 4.98 Å². The Bertz CT molecular complexity index is 438. The molecule has 0 saturated heterocycles. The molecule has 0 fully saturated rings. The van der Waals surface area contributed by atoms with E-state index in [2.05, 4.69) is 9.72 Å². The molecule has 100 valence electrons. The maximum atomic E-state index is 13.4. The molecule has 18 heavy (non-hydrogen) atoms. The maximum Gasteiger partial charge on any atom is 0.310 e. The average molecular weight is 263 g/mol. The summed E-state index contributed by atoms with van der Waals surface area (Å²) in [6, 6.07) is 0.934. The maximum absolute atomic E-state index is 13.4. The molecule has 1 heterocycles. The fourth-order valence-corrected chi connectivity index (χ4v) is 1.40. The van der Waals surface area contributed by atoms with Gasteiger partial charge in [0.05, 0.1) is 20.1 Å². The first-order valence-corrected chi connectivity index (χ1v) is 5.16. The summed E-state index contributed by atoms with van der Waals surface area (Å²) in [5, 5.41) is 0. The van der Waals surface area contributed by atoms with Crippen molar-refractivity contribution < 1.29 is 27.4 Å². The zero-order valence-electron chi connectivity index (χ0n) is 9.87. The molecule has 0 aromatic carbocycles. The number of nitrogens with zero attached hydrogens (tertiary/aromatic N) is 1. The number of ether oxygens (including phenoxy) is 2. The number of hydrogen-bond acceptors (Lipinski definition) is 4. The molecule has 0 aliphatic heterocycles. The SMILES string of the molecule is CCOC(=O)Cc1cc(C(F)F)nc(F)c1OC.